The van der Waals surface area contributed by atoms with E-state index >= 15 is 0 Å². The Labute approximate surface area is 132 Å². The molecule has 120 valence electrons. The Morgan fingerprint density at radius 2 is 1.91 bits per heavy atom. The Hall–Kier alpha value is -1.66. The summed E-state index contributed by atoms with van der Waals surface area (Å²) in [6.45, 7) is 5.94. The summed E-state index contributed by atoms with van der Waals surface area (Å²) in [5.74, 6) is 0. The van der Waals surface area contributed by atoms with Gasteiger partial charge in [0.1, 0.15) is 0 Å². The molecule has 3 heterocycles. The normalized spacial score (nSPS) is 21.8. The largest absolute Gasteiger partial charge is 0.322 e. The second-order valence-corrected chi connectivity index (χ2v) is 6.23. The van der Waals surface area contributed by atoms with Crippen molar-refractivity contribution in [2.75, 3.05) is 51.6 Å². The predicted molar refractivity (Wildman–Crippen MR) is 86.9 cm³/mol. The molecule has 1 aromatic rings. The van der Waals surface area contributed by atoms with E-state index in [1.807, 2.05) is 17.0 Å². The molecule has 0 bridgehead atoms. The molecule has 0 aromatic carbocycles. The maximum absolute atomic E-state index is 12.3. The average molecular weight is 303 g/mol. The highest BCUT2D eigenvalue weighted by molar-refractivity contribution is 5.89. The number of pyridine rings is 1. The molecule has 0 saturated carbocycles. The molecular weight excluding hydrogens is 278 g/mol. The molecule has 2 fully saturated rings. The molecule has 0 spiro atoms. The molecule has 1 N–H and O–H groups in total. The van der Waals surface area contributed by atoms with Crippen LogP contribution in [-0.4, -0.2) is 78.1 Å². The fraction of sp³-hybridized carbons (Fsp3) is 0.625. The Bertz CT molecular complexity index is 479. The lowest BCUT2D eigenvalue weighted by atomic mass is 10.0. The van der Waals surface area contributed by atoms with Crippen molar-refractivity contribution in [3.63, 3.8) is 0 Å². The lowest BCUT2D eigenvalue weighted by Crippen LogP contribution is -2.54. The molecule has 2 amide bonds. The van der Waals surface area contributed by atoms with Crippen LogP contribution in [-0.2, 0) is 0 Å². The Morgan fingerprint density at radius 3 is 2.55 bits per heavy atom. The summed E-state index contributed by atoms with van der Waals surface area (Å²) in [5, 5.41) is 2.91. The molecule has 6 heteroatoms. The Balaban J connectivity index is 1.46. The van der Waals surface area contributed by atoms with Crippen LogP contribution in [0, 0.1) is 0 Å². The van der Waals surface area contributed by atoms with Crippen molar-refractivity contribution in [3.8, 4) is 0 Å². The number of hydrogen-bond donors (Lipinski definition) is 1. The van der Waals surface area contributed by atoms with Crippen LogP contribution in [0.2, 0.25) is 0 Å². The first-order valence-electron chi connectivity index (χ1n) is 8.11. The predicted octanol–water partition coefficient (Wildman–Crippen LogP) is 1.33. The fourth-order valence-electron chi connectivity index (χ4n) is 3.29. The van der Waals surface area contributed by atoms with Crippen LogP contribution < -0.4 is 5.32 Å². The van der Waals surface area contributed by atoms with Gasteiger partial charge in [-0.3, -0.25) is 9.88 Å². The van der Waals surface area contributed by atoms with Gasteiger partial charge in [0.25, 0.3) is 0 Å². The Morgan fingerprint density at radius 1 is 1.18 bits per heavy atom. The van der Waals surface area contributed by atoms with Gasteiger partial charge in [0.05, 0.1) is 11.9 Å². The van der Waals surface area contributed by atoms with E-state index in [1.165, 1.54) is 25.9 Å². The number of piperidine rings is 1. The number of likely N-dealkylation sites (tertiary alicyclic amines) is 1. The summed E-state index contributed by atoms with van der Waals surface area (Å²) in [5.41, 5.74) is 0.755. The van der Waals surface area contributed by atoms with E-state index in [4.69, 9.17) is 0 Å². The lowest BCUT2D eigenvalue weighted by molar-refractivity contribution is 0.0775. The summed E-state index contributed by atoms with van der Waals surface area (Å²) in [6.07, 6.45) is 5.87. The number of rotatable bonds is 2. The topological polar surface area (TPSA) is 51.7 Å². The first-order chi connectivity index (χ1) is 10.7. The van der Waals surface area contributed by atoms with Gasteiger partial charge in [0.15, 0.2) is 0 Å². The lowest BCUT2D eigenvalue weighted by Gasteiger charge is -2.42. The summed E-state index contributed by atoms with van der Waals surface area (Å²) in [6, 6.07) is 4.36. The molecule has 6 nitrogen and oxygen atoms in total. The van der Waals surface area contributed by atoms with Crippen molar-refractivity contribution in [2.45, 2.75) is 18.9 Å². The van der Waals surface area contributed by atoms with E-state index in [1.54, 1.807) is 12.4 Å². The smallest absolute Gasteiger partial charge is 0.321 e. The molecule has 0 aliphatic carbocycles. The molecule has 3 rings (SSSR count). The van der Waals surface area contributed by atoms with E-state index in [9.17, 15) is 4.79 Å². The summed E-state index contributed by atoms with van der Waals surface area (Å²) in [7, 11) is 2.19. The van der Waals surface area contributed by atoms with Gasteiger partial charge < -0.3 is 15.1 Å². The highest BCUT2D eigenvalue weighted by atomic mass is 16.2. The molecule has 2 saturated heterocycles. The maximum atomic E-state index is 12.3. The summed E-state index contributed by atoms with van der Waals surface area (Å²) < 4.78 is 0. The first kappa shape index (κ1) is 15.2. The monoisotopic (exact) mass is 303 g/mol. The third-order valence-corrected chi connectivity index (χ3v) is 4.72. The molecule has 2 aliphatic rings. The average Bonchev–Trinajstić information content (AvgIpc) is 2.57. The zero-order valence-electron chi connectivity index (χ0n) is 13.2. The van der Waals surface area contributed by atoms with Crippen molar-refractivity contribution in [1.29, 1.82) is 0 Å². The minimum Gasteiger partial charge on any atom is -0.322 e. The van der Waals surface area contributed by atoms with Crippen LogP contribution >= 0.6 is 0 Å². The number of aromatic nitrogens is 1. The van der Waals surface area contributed by atoms with Crippen LogP contribution in [0.25, 0.3) is 0 Å². The molecule has 0 radical (unpaired) electrons. The van der Waals surface area contributed by atoms with Crippen molar-refractivity contribution in [2.24, 2.45) is 0 Å². The number of nitrogens with one attached hydrogen (secondary N) is 1. The minimum absolute atomic E-state index is 0.0176. The van der Waals surface area contributed by atoms with Crippen molar-refractivity contribution in [1.82, 2.24) is 19.7 Å². The number of anilines is 1. The van der Waals surface area contributed by atoms with E-state index in [2.05, 4.69) is 27.1 Å². The second kappa shape index (κ2) is 7.07. The van der Waals surface area contributed by atoms with Crippen LogP contribution in [0.3, 0.4) is 0 Å². The van der Waals surface area contributed by atoms with Crippen LogP contribution in [0.4, 0.5) is 10.5 Å². The number of nitrogens with zero attached hydrogens (tertiary/aromatic N) is 4. The van der Waals surface area contributed by atoms with E-state index in [0.717, 1.165) is 31.9 Å². The molecule has 0 atom stereocenters. The zero-order chi connectivity index (χ0) is 15.4. The number of carbonyl (C=O) groups is 1. The Kier molecular flexibility index (Phi) is 4.90. The van der Waals surface area contributed by atoms with Gasteiger partial charge in [-0.25, -0.2) is 4.79 Å². The summed E-state index contributed by atoms with van der Waals surface area (Å²) >= 11 is 0. The minimum atomic E-state index is -0.0176. The SMILES string of the molecule is CN1CCC(N2CCN(C(=O)Nc3cccnc3)CC2)CC1. The molecule has 2 aliphatic heterocycles. The fourth-order valence-corrected chi connectivity index (χ4v) is 3.29. The molecular formula is C16H25N5O. The standard InChI is InChI=1S/C16H25N5O/c1-19-7-4-15(5-8-19)20-9-11-21(12-10-20)16(22)18-14-3-2-6-17-13-14/h2-3,6,13,15H,4-5,7-12H2,1H3,(H,18,22). The number of amides is 2. The van der Waals surface area contributed by atoms with Gasteiger partial charge in [0, 0.05) is 38.4 Å². The first-order valence-corrected chi connectivity index (χ1v) is 8.11. The zero-order valence-corrected chi connectivity index (χ0v) is 13.2. The van der Waals surface area contributed by atoms with E-state index in [0.29, 0.717) is 6.04 Å². The summed E-state index contributed by atoms with van der Waals surface area (Å²) in [4.78, 5) is 23.1. The number of carbonyl (C=O) groups excluding carboxylic acids is 1. The third kappa shape index (κ3) is 3.75. The number of piperazine rings is 1. The molecule has 0 unspecified atom stereocenters. The maximum Gasteiger partial charge on any atom is 0.321 e. The quantitative estimate of drug-likeness (QED) is 0.895. The van der Waals surface area contributed by atoms with Crippen molar-refractivity contribution < 1.29 is 4.79 Å². The second-order valence-electron chi connectivity index (χ2n) is 6.23. The molecule has 1 aromatic heterocycles. The third-order valence-electron chi connectivity index (χ3n) is 4.72. The van der Waals surface area contributed by atoms with E-state index in [-0.39, 0.29) is 6.03 Å². The number of hydrogen-bond acceptors (Lipinski definition) is 4. The van der Waals surface area contributed by atoms with Gasteiger partial charge in [0.2, 0.25) is 0 Å². The van der Waals surface area contributed by atoms with Crippen LogP contribution in [0.15, 0.2) is 24.5 Å². The van der Waals surface area contributed by atoms with Crippen LogP contribution in [0.1, 0.15) is 12.8 Å². The van der Waals surface area contributed by atoms with Gasteiger partial charge >= 0.3 is 6.03 Å². The van der Waals surface area contributed by atoms with Crippen LogP contribution in [0.5, 0.6) is 0 Å². The van der Waals surface area contributed by atoms with E-state index < -0.39 is 0 Å². The van der Waals surface area contributed by atoms with Gasteiger partial charge in [-0.2, -0.15) is 0 Å². The highest BCUT2D eigenvalue weighted by Crippen LogP contribution is 2.17. The van der Waals surface area contributed by atoms with Gasteiger partial charge in [-0.05, 0) is 45.1 Å². The van der Waals surface area contributed by atoms with Gasteiger partial charge in [-0.15, -0.1) is 0 Å². The van der Waals surface area contributed by atoms with Crippen molar-refractivity contribution >= 4 is 11.7 Å². The van der Waals surface area contributed by atoms with Gasteiger partial charge in [-0.1, -0.05) is 0 Å². The highest BCUT2D eigenvalue weighted by Gasteiger charge is 2.28. The number of urea groups is 1. The molecule has 22 heavy (non-hydrogen) atoms. The van der Waals surface area contributed by atoms with Crippen molar-refractivity contribution in [3.05, 3.63) is 24.5 Å².